The van der Waals surface area contributed by atoms with Gasteiger partial charge in [0.05, 0.1) is 11.4 Å². The molecule has 0 atom stereocenters. The van der Waals surface area contributed by atoms with Crippen molar-refractivity contribution in [2.75, 3.05) is 18.9 Å². The number of carbonyl (C=O) groups excluding carboxylic acids is 2. The van der Waals surface area contributed by atoms with E-state index in [4.69, 9.17) is 0 Å². The first-order valence-corrected chi connectivity index (χ1v) is 9.08. The van der Waals surface area contributed by atoms with Crippen molar-refractivity contribution in [3.8, 4) is 0 Å². The molecule has 1 N–H and O–H groups in total. The molecule has 0 aromatic heterocycles. The van der Waals surface area contributed by atoms with Gasteiger partial charge in [-0.1, -0.05) is 24.3 Å². The summed E-state index contributed by atoms with van der Waals surface area (Å²) < 4.78 is 26.0. The van der Waals surface area contributed by atoms with Crippen LogP contribution in [-0.4, -0.2) is 38.0 Å². The first-order valence-electron chi connectivity index (χ1n) is 7.64. The summed E-state index contributed by atoms with van der Waals surface area (Å²) in [6.45, 7) is 2.99. The lowest BCUT2D eigenvalue weighted by Crippen LogP contribution is -2.35. The summed E-state index contributed by atoms with van der Waals surface area (Å²) in [4.78, 5) is 23.4. The minimum Gasteiger partial charge on any atom is -0.325 e. The summed E-state index contributed by atoms with van der Waals surface area (Å²) in [6.07, 6.45) is 0. The van der Waals surface area contributed by atoms with Crippen LogP contribution in [-0.2, 0) is 14.8 Å². The van der Waals surface area contributed by atoms with E-state index in [0.29, 0.717) is 11.3 Å². The van der Waals surface area contributed by atoms with Gasteiger partial charge >= 0.3 is 0 Å². The van der Waals surface area contributed by atoms with E-state index >= 15 is 0 Å². The molecule has 0 unspecified atom stereocenters. The summed E-state index contributed by atoms with van der Waals surface area (Å²) >= 11 is 0. The second kappa shape index (κ2) is 7.58. The maximum Gasteiger partial charge on any atom is 0.243 e. The average Bonchev–Trinajstić information content (AvgIpc) is 2.54. The maximum absolute atomic E-state index is 12.5. The monoisotopic (exact) mass is 360 g/mol. The van der Waals surface area contributed by atoms with E-state index in [1.807, 2.05) is 19.1 Å². The Kier molecular flexibility index (Phi) is 5.71. The Morgan fingerprint density at radius 2 is 1.72 bits per heavy atom. The van der Waals surface area contributed by atoms with E-state index in [2.05, 4.69) is 5.32 Å². The molecule has 0 aliphatic rings. The third-order valence-electron chi connectivity index (χ3n) is 3.64. The zero-order valence-electron chi connectivity index (χ0n) is 14.3. The molecule has 0 fully saturated rings. The standard InChI is InChI=1S/C18H20N2O4S/c1-13-5-4-6-16(11-13)19-18(22)12-20(3)25(23,24)17-9-7-15(8-10-17)14(2)21/h4-11H,12H2,1-3H3,(H,19,22). The summed E-state index contributed by atoms with van der Waals surface area (Å²) in [7, 11) is -2.48. The number of benzene rings is 2. The van der Waals surface area contributed by atoms with E-state index in [9.17, 15) is 18.0 Å². The second-order valence-corrected chi connectivity index (χ2v) is 7.80. The van der Waals surface area contributed by atoms with Crippen LogP contribution < -0.4 is 5.32 Å². The number of anilines is 1. The van der Waals surface area contributed by atoms with Crippen LogP contribution in [0, 0.1) is 6.92 Å². The van der Waals surface area contributed by atoms with Crippen molar-refractivity contribution in [3.63, 3.8) is 0 Å². The number of hydrogen-bond donors (Lipinski definition) is 1. The van der Waals surface area contributed by atoms with Gasteiger partial charge < -0.3 is 5.32 Å². The topological polar surface area (TPSA) is 83.6 Å². The fraction of sp³-hybridized carbons (Fsp3) is 0.222. The van der Waals surface area contributed by atoms with Crippen LogP contribution in [0.15, 0.2) is 53.4 Å². The number of amides is 1. The zero-order chi connectivity index (χ0) is 18.6. The fourth-order valence-corrected chi connectivity index (χ4v) is 3.38. The van der Waals surface area contributed by atoms with Gasteiger partial charge in [0.2, 0.25) is 15.9 Å². The maximum atomic E-state index is 12.5. The van der Waals surface area contributed by atoms with Gasteiger partial charge in [-0.15, -0.1) is 0 Å². The van der Waals surface area contributed by atoms with Gasteiger partial charge in [0.25, 0.3) is 0 Å². The number of nitrogens with one attached hydrogen (secondary N) is 1. The smallest absolute Gasteiger partial charge is 0.243 e. The molecular formula is C18H20N2O4S. The van der Waals surface area contributed by atoms with Crippen LogP contribution in [0.2, 0.25) is 0 Å². The van der Waals surface area contributed by atoms with E-state index < -0.39 is 15.9 Å². The molecule has 6 nitrogen and oxygen atoms in total. The lowest BCUT2D eigenvalue weighted by molar-refractivity contribution is -0.116. The number of sulfonamides is 1. The predicted molar refractivity (Wildman–Crippen MR) is 96.1 cm³/mol. The van der Waals surface area contributed by atoms with Crippen molar-refractivity contribution in [1.82, 2.24) is 4.31 Å². The van der Waals surface area contributed by atoms with Gasteiger partial charge in [-0.25, -0.2) is 8.42 Å². The van der Waals surface area contributed by atoms with Crippen molar-refractivity contribution >= 4 is 27.4 Å². The summed E-state index contributed by atoms with van der Waals surface area (Å²) in [5, 5.41) is 2.67. The Morgan fingerprint density at radius 1 is 1.08 bits per heavy atom. The molecule has 2 rings (SSSR count). The first-order chi connectivity index (χ1) is 11.7. The molecule has 0 radical (unpaired) electrons. The number of likely N-dealkylation sites (N-methyl/N-ethyl adjacent to an activating group) is 1. The SMILES string of the molecule is CC(=O)c1ccc(S(=O)(=O)N(C)CC(=O)Nc2cccc(C)c2)cc1. The molecule has 2 aromatic rings. The molecule has 0 heterocycles. The number of rotatable bonds is 6. The van der Waals surface area contributed by atoms with E-state index in [1.165, 1.54) is 38.2 Å². The van der Waals surface area contributed by atoms with E-state index in [1.54, 1.807) is 12.1 Å². The van der Waals surface area contributed by atoms with Crippen LogP contribution in [0.1, 0.15) is 22.8 Å². The van der Waals surface area contributed by atoms with Gasteiger partial charge in [0.15, 0.2) is 5.78 Å². The van der Waals surface area contributed by atoms with Crippen LogP contribution in [0.5, 0.6) is 0 Å². The highest BCUT2D eigenvalue weighted by Gasteiger charge is 2.23. The van der Waals surface area contributed by atoms with Crippen molar-refractivity contribution in [3.05, 3.63) is 59.7 Å². The summed E-state index contributed by atoms with van der Waals surface area (Å²) in [5.74, 6) is -0.577. The molecule has 2 aromatic carbocycles. The minimum absolute atomic E-state index is 0.0309. The Hall–Kier alpha value is -2.51. The Labute approximate surface area is 147 Å². The van der Waals surface area contributed by atoms with E-state index in [-0.39, 0.29) is 17.2 Å². The van der Waals surface area contributed by atoms with Crippen molar-refractivity contribution in [1.29, 1.82) is 0 Å². The van der Waals surface area contributed by atoms with Crippen LogP contribution in [0.3, 0.4) is 0 Å². The second-order valence-electron chi connectivity index (χ2n) is 5.76. The molecule has 25 heavy (non-hydrogen) atoms. The molecule has 132 valence electrons. The first kappa shape index (κ1) is 18.8. The lowest BCUT2D eigenvalue weighted by atomic mass is 10.2. The van der Waals surface area contributed by atoms with Crippen molar-refractivity contribution in [2.45, 2.75) is 18.7 Å². The molecule has 0 saturated heterocycles. The highest BCUT2D eigenvalue weighted by molar-refractivity contribution is 7.89. The number of ketones is 1. The van der Waals surface area contributed by atoms with E-state index in [0.717, 1.165) is 9.87 Å². The van der Waals surface area contributed by atoms with Crippen molar-refractivity contribution in [2.24, 2.45) is 0 Å². The molecule has 1 amide bonds. The Bertz CT molecular complexity index is 890. The summed E-state index contributed by atoms with van der Waals surface area (Å²) in [6, 6.07) is 12.9. The van der Waals surface area contributed by atoms with Gasteiger partial charge in [0, 0.05) is 18.3 Å². The third kappa shape index (κ3) is 4.74. The fourth-order valence-electron chi connectivity index (χ4n) is 2.25. The summed E-state index contributed by atoms with van der Waals surface area (Å²) in [5.41, 5.74) is 2.03. The van der Waals surface area contributed by atoms with Gasteiger partial charge in [-0.2, -0.15) is 4.31 Å². The van der Waals surface area contributed by atoms with Crippen LogP contribution in [0.25, 0.3) is 0 Å². The predicted octanol–water partition coefficient (Wildman–Crippen LogP) is 2.46. The number of hydrogen-bond acceptors (Lipinski definition) is 4. The number of nitrogens with zero attached hydrogens (tertiary/aromatic N) is 1. The number of Topliss-reactive ketones (excluding diaryl/α,β-unsaturated/α-hetero) is 1. The molecular weight excluding hydrogens is 340 g/mol. The number of carbonyl (C=O) groups is 2. The lowest BCUT2D eigenvalue weighted by Gasteiger charge is -2.17. The molecule has 0 bridgehead atoms. The quantitative estimate of drug-likeness (QED) is 0.802. The van der Waals surface area contributed by atoms with Gasteiger partial charge in [0.1, 0.15) is 0 Å². The van der Waals surface area contributed by atoms with Crippen LogP contribution >= 0.6 is 0 Å². The van der Waals surface area contributed by atoms with Crippen LogP contribution in [0.4, 0.5) is 5.69 Å². The highest BCUT2D eigenvalue weighted by atomic mass is 32.2. The normalized spacial score (nSPS) is 11.4. The largest absolute Gasteiger partial charge is 0.325 e. The van der Waals surface area contributed by atoms with Gasteiger partial charge in [-0.05, 0) is 43.7 Å². The molecule has 7 heteroatoms. The molecule has 0 aliphatic carbocycles. The Morgan fingerprint density at radius 3 is 2.28 bits per heavy atom. The molecule has 0 spiro atoms. The van der Waals surface area contributed by atoms with Crippen molar-refractivity contribution < 1.29 is 18.0 Å². The third-order valence-corrected chi connectivity index (χ3v) is 5.45. The average molecular weight is 360 g/mol. The molecule has 0 aliphatic heterocycles. The number of aryl methyl sites for hydroxylation is 1. The molecule has 0 saturated carbocycles. The Balaban J connectivity index is 2.08. The minimum atomic E-state index is -3.82. The zero-order valence-corrected chi connectivity index (χ0v) is 15.1. The highest BCUT2D eigenvalue weighted by Crippen LogP contribution is 2.16. The van der Waals surface area contributed by atoms with Gasteiger partial charge in [-0.3, -0.25) is 9.59 Å².